The average molecular weight is 367 g/mol. The second-order valence-corrected chi connectivity index (χ2v) is 5.34. The lowest BCUT2D eigenvalue weighted by Gasteiger charge is -2.12. The molecule has 0 heterocycles. The van der Waals surface area contributed by atoms with E-state index in [1.54, 1.807) is 18.2 Å². The molecule has 0 aliphatic heterocycles. The van der Waals surface area contributed by atoms with E-state index >= 15 is 0 Å². The minimum atomic E-state index is 0.539. The molecule has 0 saturated carbocycles. The Morgan fingerprint density at radius 1 is 1.11 bits per heavy atom. The fourth-order valence-corrected chi connectivity index (χ4v) is 2.69. The number of hydrogen-bond acceptors (Lipinski definition) is 3. The molecule has 2 aromatic carbocycles. The molecule has 0 radical (unpaired) electrons. The summed E-state index contributed by atoms with van der Waals surface area (Å²) in [6, 6.07) is 13.0. The zero-order chi connectivity index (χ0) is 13.1. The molecule has 3 N–H and O–H groups in total. The fourth-order valence-electron chi connectivity index (χ4n) is 1.50. The lowest BCUT2D eigenvalue weighted by Crippen LogP contribution is -1.98. The van der Waals surface area contributed by atoms with Gasteiger partial charge in [-0.2, -0.15) is 5.26 Å². The third-order valence-electron chi connectivity index (χ3n) is 2.40. The van der Waals surface area contributed by atoms with Gasteiger partial charge in [0.1, 0.15) is 0 Å². The SMILES string of the molecule is N#Cc1ccc(Nc2c(Br)cccc2Br)c(N)c1. The van der Waals surface area contributed by atoms with Crippen LogP contribution in [-0.2, 0) is 0 Å². The Labute approximate surface area is 122 Å². The fraction of sp³-hybridized carbons (Fsp3) is 0. The van der Waals surface area contributed by atoms with Crippen LogP contribution >= 0.6 is 31.9 Å². The molecule has 0 amide bonds. The number of nitriles is 1. The number of nitrogen functional groups attached to an aromatic ring is 1. The van der Waals surface area contributed by atoms with Gasteiger partial charge in [0.2, 0.25) is 0 Å². The van der Waals surface area contributed by atoms with Crippen LogP contribution in [0.4, 0.5) is 17.1 Å². The Bertz CT molecular complexity index is 612. The van der Waals surface area contributed by atoms with Crippen LogP contribution in [0, 0.1) is 11.3 Å². The van der Waals surface area contributed by atoms with Gasteiger partial charge in [-0.15, -0.1) is 0 Å². The maximum atomic E-state index is 8.79. The molecular weight excluding hydrogens is 358 g/mol. The molecular formula is C13H9Br2N3. The van der Waals surface area contributed by atoms with Crippen molar-refractivity contribution >= 4 is 48.9 Å². The van der Waals surface area contributed by atoms with Crippen molar-refractivity contribution in [3.63, 3.8) is 0 Å². The summed E-state index contributed by atoms with van der Waals surface area (Å²) in [7, 11) is 0. The van der Waals surface area contributed by atoms with E-state index in [-0.39, 0.29) is 0 Å². The molecule has 0 spiro atoms. The summed E-state index contributed by atoms with van der Waals surface area (Å²) in [5.41, 5.74) is 8.65. The summed E-state index contributed by atoms with van der Waals surface area (Å²) in [5, 5.41) is 12.0. The van der Waals surface area contributed by atoms with E-state index in [1.165, 1.54) is 0 Å². The Morgan fingerprint density at radius 2 is 1.78 bits per heavy atom. The summed E-state index contributed by atoms with van der Waals surface area (Å²) in [5.74, 6) is 0. The van der Waals surface area contributed by atoms with E-state index in [0.717, 1.165) is 20.3 Å². The van der Waals surface area contributed by atoms with Crippen LogP contribution in [0.25, 0.3) is 0 Å². The van der Waals surface area contributed by atoms with Crippen LogP contribution in [0.15, 0.2) is 45.3 Å². The van der Waals surface area contributed by atoms with E-state index in [4.69, 9.17) is 11.0 Å². The standard InChI is InChI=1S/C13H9Br2N3/c14-9-2-1-3-10(15)13(9)18-12-5-4-8(7-16)6-11(12)17/h1-6,18H,17H2. The number of nitrogens with two attached hydrogens (primary N) is 1. The highest BCUT2D eigenvalue weighted by atomic mass is 79.9. The topological polar surface area (TPSA) is 61.8 Å². The molecule has 18 heavy (non-hydrogen) atoms. The largest absolute Gasteiger partial charge is 0.397 e. The number of benzene rings is 2. The highest BCUT2D eigenvalue weighted by molar-refractivity contribution is 9.11. The lowest BCUT2D eigenvalue weighted by molar-refractivity contribution is 1.46. The monoisotopic (exact) mass is 365 g/mol. The van der Waals surface area contributed by atoms with E-state index in [2.05, 4.69) is 43.2 Å². The van der Waals surface area contributed by atoms with Gasteiger partial charge in [-0.3, -0.25) is 0 Å². The molecule has 90 valence electrons. The van der Waals surface area contributed by atoms with Crippen LogP contribution in [0.2, 0.25) is 0 Å². The second kappa shape index (κ2) is 5.42. The molecule has 5 heteroatoms. The number of rotatable bonds is 2. The Morgan fingerprint density at radius 3 is 2.33 bits per heavy atom. The van der Waals surface area contributed by atoms with Gasteiger partial charge in [-0.25, -0.2) is 0 Å². The molecule has 0 saturated heterocycles. The highest BCUT2D eigenvalue weighted by Gasteiger charge is 2.07. The van der Waals surface area contributed by atoms with Crippen molar-refractivity contribution in [1.29, 1.82) is 5.26 Å². The average Bonchev–Trinajstić information content (AvgIpc) is 2.35. The van der Waals surface area contributed by atoms with Gasteiger partial charge < -0.3 is 11.1 Å². The van der Waals surface area contributed by atoms with Crippen LogP contribution in [0.3, 0.4) is 0 Å². The molecule has 2 aromatic rings. The number of nitrogens with zero attached hydrogens (tertiary/aromatic N) is 1. The molecule has 3 nitrogen and oxygen atoms in total. The van der Waals surface area contributed by atoms with Crippen molar-refractivity contribution in [2.24, 2.45) is 0 Å². The highest BCUT2D eigenvalue weighted by Crippen LogP contribution is 2.34. The number of para-hydroxylation sites is 1. The molecule has 0 aliphatic carbocycles. The van der Waals surface area contributed by atoms with Gasteiger partial charge in [0.25, 0.3) is 0 Å². The van der Waals surface area contributed by atoms with Crippen molar-refractivity contribution in [2.45, 2.75) is 0 Å². The minimum absolute atomic E-state index is 0.539. The summed E-state index contributed by atoms with van der Waals surface area (Å²) in [4.78, 5) is 0. The minimum Gasteiger partial charge on any atom is -0.397 e. The molecule has 0 aliphatic rings. The number of nitrogens with one attached hydrogen (secondary N) is 1. The summed E-state index contributed by atoms with van der Waals surface area (Å²) in [6.07, 6.45) is 0. The smallest absolute Gasteiger partial charge is 0.0992 e. The van der Waals surface area contributed by atoms with Crippen molar-refractivity contribution in [1.82, 2.24) is 0 Å². The maximum absolute atomic E-state index is 8.79. The van der Waals surface area contributed by atoms with Crippen LogP contribution in [0.1, 0.15) is 5.56 Å². The first kappa shape index (κ1) is 12.9. The van der Waals surface area contributed by atoms with E-state index < -0.39 is 0 Å². The summed E-state index contributed by atoms with van der Waals surface area (Å²) < 4.78 is 1.86. The van der Waals surface area contributed by atoms with E-state index in [1.807, 2.05) is 18.2 Å². The molecule has 0 fully saturated rings. The van der Waals surface area contributed by atoms with Crippen molar-refractivity contribution < 1.29 is 0 Å². The summed E-state index contributed by atoms with van der Waals surface area (Å²) >= 11 is 6.94. The van der Waals surface area contributed by atoms with Crippen LogP contribution in [-0.4, -0.2) is 0 Å². The van der Waals surface area contributed by atoms with Gasteiger partial charge in [-0.05, 0) is 62.2 Å². The van der Waals surface area contributed by atoms with E-state index in [0.29, 0.717) is 11.3 Å². The van der Waals surface area contributed by atoms with E-state index in [9.17, 15) is 0 Å². The third-order valence-corrected chi connectivity index (χ3v) is 3.72. The Hall–Kier alpha value is -1.51. The third kappa shape index (κ3) is 2.66. The number of halogens is 2. The van der Waals surface area contributed by atoms with Gasteiger partial charge in [-0.1, -0.05) is 6.07 Å². The first-order valence-electron chi connectivity index (χ1n) is 5.12. The summed E-state index contributed by atoms with van der Waals surface area (Å²) in [6.45, 7) is 0. The first-order chi connectivity index (χ1) is 8.61. The predicted octanol–water partition coefficient (Wildman–Crippen LogP) is 4.41. The quantitative estimate of drug-likeness (QED) is 0.774. The second-order valence-electron chi connectivity index (χ2n) is 3.64. The molecule has 0 bridgehead atoms. The molecule has 0 unspecified atom stereocenters. The zero-order valence-corrected chi connectivity index (χ0v) is 12.4. The van der Waals surface area contributed by atoms with Crippen molar-refractivity contribution in [3.8, 4) is 6.07 Å². The van der Waals surface area contributed by atoms with Crippen LogP contribution < -0.4 is 11.1 Å². The van der Waals surface area contributed by atoms with Gasteiger partial charge in [0, 0.05) is 8.95 Å². The van der Waals surface area contributed by atoms with Gasteiger partial charge in [0.15, 0.2) is 0 Å². The van der Waals surface area contributed by atoms with Crippen molar-refractivity contribution in [3.05, 3.63) is 50.9 Å². The van der Waals surface area contributed by atoms with Gasteiger partial charge >= 0.3 is 0 Å². The van der Waals surface area contributed by atoms with Crippen LogP contribution in [0.5, 0.6) is 0 Å². The maximum Gasteiger partial charge on any atom is 0.0992 e. The predicted molar refractivity (Wildman–Crippen MR) is 80.7 cm³/mol. The van der Waals surface area contributed by atoms with Gasteiger partial charge in [0.05, 0.1) is 28.7 Å². The number of hydrogen-bond donors (Lipinski definition) is 2. The molecule has 2 rings (SSSR count). The Kier molecular flexibility index (Phi) is 3.90. The lowest BCUT2D eigenvalue weighted by atomic mass is 10.2. The molecule has 0 atom stereocenters. The Balaban J connectivity index is 2.38. The van der Waals surface area contributed by atoms with Crippen molar-refractivity contribution in [2.75, 3.05) is 11.1 Å². The normalized spacial score (nSPS) is 9.83. The molecule has 0 aromatic heterocycles. The zero-order valence-electron chi connectivity index (χ0n) is 9.24. The first-order valence-corrected chi connectivity index (χ1v) is 6.71. The number of anilines is 3.